The van der Waals surface area contributed by atoms with Crippen LogP contribution in [0.2, 0.25) is 0 Å². The minimum Gasteiger partial charge on any atom is -0.480 e. The zero-order chi connectivity index (χ0) is 19.2. The van der Waals surface area contributed by atoms with E-state index in [1.54, 1.807) is 19.1 Å². The lowest BCUT2D eigenvalue weighted by molar-refractivity contribution is -0.122. The molecule has 1 atom stereocenters. The maximum Gasteiger partial charge on any atom is 0.312 e. The highest BCUT2D eigenvalue weighted by Crippen LogP contribution is 2.26. The predicted octanol–water partition coefficient (Wildman–Crippen LogP) is 3.41. The lowest BCUT2D eigenvalue weighted by Crippen LogP contribution is -2.30. The highest BCUT2D eigenvalue weighted by atomic mass is 16.5. The van der Waals surface area contributed by atoms with Crippen molar-refractivity contribution in [2.75, 3.05) is 5.32 Å². The molecule has 3 aromatic carbocycles. The van der Waals surface area contributed by atoms with Crippen molar-refractivity contribution in [1.29, 1.82) is 0 Å². The third-order valence-electron chi connectivity index (χ3n) is 4.11. The molecule has 0 aliphatic rings. The molecule has 27 heavy (non-hydrogen) atoms. The summed E-state index contributed by atoms with van der Waals surface area (Å²) in [6, 6.07) is 20.2. The number of hydrogen-bond donors (Lipinski definition) is 3. The average Bonchev–Trinajstić information content (AvgIpc) is 2.67. The standard InChI is InChI=1S/C21H21N3O3/c1-14(27-19-8-4-6-16-5-2-3-7-18(16)19)20(25)24-17-11-9-15(10-12-17)13-23-21(22)26/h2-12,14H,13H2,1H3,(H,24,25)(H3,22,23,26)/t14-/m1/s1. The van der Waals surface area contributed by atoms with Crippen LogP contribution in [-0.2, 0) is 11.3 Å². The van der Waals surface area contributed by atoms with Crippen molar-refractivity contribution in [3.05, 3.63) is 72.3 Å². The van der Waals surface area contributed by atoms with Gasteiger partial charge >= 0.3 is 6.03 Å². The summed E-state index contributed by atoms with van der Waals surface area (Å²) in [5.41, 5.74) is 6.58. The number of primary amides is 1. The molecule has 0 radical (unpaired) electrons. The Labute approximate surface area is 157 Å². The van der Waals surface area contributed by atoms with Crippen LogP contribution in [0.3, 0.4) is 0 Å². The summed E-state index contributed by atoms with van der Waals surface area (Å²) in [4.78, 5) is 23.2. The number of carbonyl (C=O) groups is 2. The van der Waals surface area contributed by atoms with Crippen LogP contribution in [0, 0.1) is 0 Å². The first-order valence-corrected chi connectivity index (χ1v) is 8.60. The summed E-state index contributed by atoms with van der Waals surface area (Å²) in [6.45, 7) is 2.05. The van der Waals surface area contributed by atoms with Gasteiger partial charge in [0.25, 0.3) is 5.91 Å². The van der Waals surface area contributed by atoms with Gasteiger partial charge in [0.05, 0.1) is 0 Å². The van der Waals surface area contributed by atoms with Crippen molar-refractivity contribution in [3.63, 3.8) is 0 Å². The SMILES string of the molecule is C[C@@H](Oc1cccc2ccccc12)C(=O)Nc1ccc(CNC(N)=O)cc1. The summed E-state index contributed by atoms with van der Waals surface area (Å²) in [5, 5.41) is 7.36. The fourth-order valence-electron chi connectivity index (χ4n) is 2.68. The number of nitrogens with one attached hydrogen (secondary N) is 2. The quantitative estimate of drug-likeness (QED) is 0.626. The summed E-state index contributed by atoms with van der Waals surface area (Å²) < 4.78 is 5.88. The van der Waals surface area contributed by atoms with Gasteiger partial charge in [0.2, 0.25) is 0 Å². The number of urea groups is 1. The van der Waals surface area contributed by atoms with Gasteiger partial charge in [-0.3, -0.25) is 4.79 Å². The van der Waals surface area contributed by atoms with E-state index in [1.165, 1.54) is 0 Å². The Hall–Kier alpha value is -3.54. The largest absolute Gasteiger partial charge is 0.480 e. The maximum atomic E-state index is 12.4. The molecular weight excluding hydrogens is 342 g/mol. The van der Waals surface area contributed by atoms with Gasteiger partial charge in [-0.25, -0.2) is 4.79 Å². The van der Waals surface area contributed by atoms with Crippen LogP contribution in [0.5, 0.6) is 5.75 Å². The average molecular weight is 363 g/mol. The molecule has 0 aromatic heterocycles. The highest BCUT2D eigenvalue weighted by molar-refractivity contribution is 5.95. The van der Waals surface area contributed by atoms with Crippen molar-refractivity contribution in [1.82, 2.24) is 5.32 Å². The van der Waals surface area contributed by atoms with E-state index in [0.717, 1.165) is 16.3 Å². The number of hydrogen-bond acceptors (Lipinski definition) is 3. The van der Waals surface area contributed by atoms with Crippen molar-refractivity contribution >= 4 is 28.4 Å². The maximum absolute atomic E-state index is 12.4. The molecule has 0 bridgehead atoms. The van der Waals surface area contributed by atoms with Gasteiger partial charge in [0.15, 0.2) is 6.10 Å². The normalized spacial score (nSPS) is 11.6. The molecule has 0 aliphatic heterocycles. The molecule has 0 saturated carbocycles. The third-order valence-corrected chi connectivity index (χ3v) is 4.11. The molecule has 138 valence electrons. The van der Waals surface area contributed by atoms with Gasteiger partial charge in [-0.2, -0.15) is 0 Å². The van der Waals surface area contributed by atoms with E-state index >= 15 is 0 Å². The fourth-order valence-corrected chi connectivity index (χ4v) is 2.68. The molecule has 0 fully saturated rings. The van der Waals surface area contributed by atoms with Crippen LogP contribution in [0.15, 0.2) is 66.7 Å². The molecule has 0 heterocycles. The number of ether oxygens (including phenoxy) is 1. The van der Waals surface area contributed by atoms with E-state index in [9.17, 15) is 9.59 Å². The van der Waals surface area contributed by atoms with Crippen LogP contribution < -0.4 is 21.1 Å². The molecule has 3 aromatic rings. The second-order valence-electron chi connectivity index (χ2n) is 6.14. The number of fused-ring (bicyclic) bond motifs is 1. The minimum atomic E-state index is -0.660. The lowest BCUT2D eigenvalue weighted by Gasteiger charge is -2.16. The number of anilines is 1. The van der Waals surface area contributed by atoms with Crippen LogP contribution in [0.4, 0.5) is 10.5 Å². The monoisotopic (exact) mass is 363 g/mol. The van der Waals surface area contributed by atoms with E-state index in [-0.39, 0.29) is 5.91 Å². The molecule has 6 nitrogen and oxygen atoms in total. The van der Waals surface area contributed by atoms with Crippen LogP contribution in [0.25, 0.3) is 10.8 Å². The van der Waals surface area contributed by atoms with Crippen molar-refractivity contribution < 1.29 is 14.3 Å². The second kappa shape index (κ2) is 8.23. The number of amides is 3. The van der Waals surface area contributed by atoms with Crippen LogP contribution in [-0.4, -0.2) is 18.0 Å². The number of carbonyl (C=O) groups excluding carboxylic acids is 2. The Balaban J connectivity index is 1.63. The van der Waals surface area contributed by atoms with Gasteiger partial charge < -0.3 is 21.1 Å². The van der Waals surface area contributed by atoms with Gasteiger partial charge in [0, 0.05) is 17.6 Å². The molecule has 0 saturated heterocycles. The van der Waals surface area contributed by atoms with E-state index in [1.807, 2.05) is 54.6 Å². The first kappa shape index (κ1) is 18.3. The molecule has 4 N–H and O–H groups in total. The van der Waals surface area contributed by atoms with Gasteiger partial charge in [-0.1, -0.05) is 48.5 Å². The van der Waals surface area contributed by atoms with E-state index in [0.29, 0.717) is 18.0 Å². The molecular formula is C21H21N3O3. The Kier molecular flexibility index (Phi) is 5.56. The van der Waals surface area contributed by atoms with Crippen LogP contribution >= 0.6 is 0 Å². The Bertz CT molecular complexity index is 949. The number of nitrogens with two attached hydrogens (primary N) is 1. The summed E-state index contributed by atoms with van der Waals surface area (Å²) >= 11 is 0. The summed E-state index contributed by atoms with van der Waals surface area (Å²) in [5.74, 6) is 0.426. The zero-order valence-electron chi connectivity index (χ0n) is 14.9. The smallest absolute Gasteiger partial charge is 0.312 e. The molecule has 0 spiro atoms. The molecule has 0 unspecified atom stereocenters. The molecule has 3 amide bonds. The Morgan fingerprint density at radius 2 is 1.70 bits per heavy atom. The summed E-state index contributed by atoms with van der Waals surface area (Å²) in [6.07, 6.45) is -0.660. The Morgan fingerprint density at radius 1 is 1.00 bits per heavy atom. The first-order valence-electron chi connectivity index (χ1n) is 8.60. The number of rotatable bonds is 6. The van der Waals surface area contributed by atoms with Crippen LogP contribution in [0.1, 0.15) is 12.5 Å². The van der Waals surface area contributed by atoms with Gasteiger partial charge in [-0.15, -0.1) is 0 Å². The molecule has 0 aliphatic carbocycles. The lowest BCUT2D eigenvalue weighted by atomic mass is 10.1. The van der Waals surface area contributed by atoms with E-state index in [4.69, 9.17) is 10.5 Å². The number of benzene rings is 3. The van der Waals surface area contributed by atoms with Crippen molar-refractivity contribution in [3.8, 4) is 5.75 Å². The molecule has 6 heteroatoms. The van der Waals surface area contributed by atoms with Crippen molar-refractivity contribution in [2.24, 2.45) is 5.73 Å². The Morgan fingerprint density at radius 3 is 2.44 bits per heavy atom. The second-order valence-corrected chi connectivity index (χ2v) is 6.14. The highest BCUT2D eigenvalue weighted by Gasteiger charge is 2.16. The minimum absolute atomic E-state index is 0.244. The van der Waals surface area contributed by atoms with E-state index < -0.39 is 12.1 Å². The topological polar surface area (TPSA) is 93.4 Å². The predicted molar refractivity (Wildman–Crippen MR) is 106 cm³/mol. The van der Waals surface area contributed by atoms with Crippen molar-refractivity contribution in [2.45, 2.75) is 19.6 Å². The third kappa shape index (κ3) is 4.76. The van der Waals surface area contributed by atoms with Gasteiger partial charge in [0.1, 0.15) is 5.75 Å². The fraction of sp³-hybridized carbons (Fsp3) is 0.143. The zero-order valence-corrected chi connectivity index (χ0v) is 14.9. The summed E-state index contributed by atoms with van der Waals surface area (Å²) in [7, 11) is 0. The first-order chi connectivity index (χ1) is 13.0. The van der Waals surface area contributed by atoms with E-state index in [2.05, 4.69) is 10.6 Å². The van der Waals surface area contributed by atoms with Gasteiger partial charge in [-0.05, 0) is 36.1 Å². The molecule has 3 rings (SSSR count).